The molecule has 2 rings (SSSR count). The molecule has 2 unspecified atom stereocenters. The van der Waals surface area contributed by atoms with E-state index in [0.29, 0.717) is 6.54 Å². The van der Waals surface area contributed by atoms with Crippen LogP contribution < -0.4 is 11.1 Å². The molecule has 3 nitrogen and oxygen atoms in total. The molecular weight excluding hydrogens is 272 g/mol. The first-order chi connectivity index (χ1) is 9.15. The van der Waals surface area contributed by atoms with Gasteiger partial charge in [-0.2, -0.15) is 0 Å². The Kier molecular flexibility index (Phi) is 7.03. The van der Waals surface area contributed by atoms with Crippen molar-refractivity contribution < 1.29 is 4.79 Å². The van der Waals surface area contributed by atoms with E-state index in [4.69, 9.17) is 5.73 Å². The minimum atomic E-state index is 0. The smallest absolute Gasteiger partial charge is 0.223 e. The fourth-order valence-corrected chi connectivity index (χ4v) is 2.69. The maximum atomic E-state index is 12.0. The third-order valence-electron chi connectivity index (χ3n) is 3.92. The molecule has 0 aliphatic heterocycles. The zero-order chi connectivity index (χ0) is 13.7. The lowest BCUT2D eigenvalue weighted by Gasteiger charge is -2.25. The summed E-state index contributed by atoms with van der Waals surface area (Å²) in [6, 6.07) is 8.67. The predicted octanol–water partition coefficient (Wildman–Crippen LogP) is 2.59. The third kappa shape index (κ3) is 5.14. The van der Waals surface area contributed by atoms with Crippen LogP contribution in [0, 0.1) is 12.8 Å². The van der Waals surface area contributed by atoms with E-state index < -0.39 is 0 Å². The van der Waals surface area contributed by atoms with Crippen LogP contribution >= 0.6 is 12.4 Å². The van der Waals surface area contributed by atoms with E-state index in [1.165, 1.54) is 11.1 Å². The summed E-state index contributed by atoms with van der Waals surface area (Å²) in [5.74, 6) is 0.309. The molecule has 112 valence electrons. The Labute approximate surface area is 127 Å². The minimum Gasteiger partial charge on any atom is -0.356 e. The molecule has 3 N–H and O–H groups in total. The van der Waals surface area contributed by atoms with E-state index in [-0.39, 0.29) is 30.3 Å². The largest absolute Gasteiger partial charge is 0.356 e. The first-order valence-corrected chi connectivity index (χ1v) is 7.24. The van der Waals surface area contributed by atoms with Gasteiger partial charge in [0.05, 0.1) is 0 Å². The van der Waals surface area contributed by atoms with Crippen LogP contribution in [-0.2, 0) is 11.2 Å². The summed E-state index contributed by atoms with van der Waals surface area (Å²) in [5, 5.41) is 3.04. The van der Waals surface area contributed by atoms with E-state index in [2.05, 4.69) is 36.5 Å². The Balaban J connectivity index is 0.00000200. The summed E-state index contributed by atoms with van der Waals surface area (Å²) in [4.78, 5) is 12.0. The standard InChI is InChI=1S/C16H24N2O.ClH/c1-12-5-7-13(8-6-12)9-10-18-16(19)14-3-2-4-15(17)11-14;/h5-8,14-15H,2-4,9-11,17H2,1H3,(H,18,19);1H. The molecule has 0 saturated heterocycles. The van der Waals surface area contributed by atoms with E-state index in [0.717, 1.165) is 32.1 Å². The highest BCUT2D eigenvalue weighted by Crippen LogP contribution is 2.23. The second-order valence-electron chi connectivity index (χ2n) is 5.65. The maximum Gasteiger partial charge on any atom is 0.223 e. The number of hydrogen-bond donors (Lipinski definition) is 2. The van der Waals surface area contributed by atoms with Gasteiger partial charge in [-0.25, -0.2) is 0 Å². The normalized spacial score (nSPS) is 21.9. The summed E-state index contributed by atoms with van der Waals surface area (Å²) in [5.41, 5.74) is 8.45. The van der Waals surface area contributed by atoms with Crippen molar-refractivity contribution in [3.05, 3.63) is 35.4 Å². The number of halogens is 1. The highest BCUT2D eigenvalue weighted by atomic mass is 35.5. The van der Waals surface area contributed by atoms with E-state index in [9.17, 15) is 4.79 Å². The van der Waals surface area contributed by atoms with Gasteiger partial charge in [-0.3, -0.25) is 4.79 Å². The number of amides is 1. The number of nitrogens with two attached hydrogens (primary N) is 1. The summed E-state index contributed by atoms with van der Waals surface area (Å²) in [7, 11) is 0. The minimum absolute atomic E-state index is 0. The van der Waals surface area contributed by atoms with Crippen molar-refractivity contribution in [3.8, 4) is 0 Å². The van der Waals surface area contributed by atoms with Crippen LogP contribution in [0.5, 0.6) is 0 Å². The van der Waals surface area contributed by atoms with Crippen molar-refractivity contribution in [2.45, 2.75) is 45.1 Å². The molecule has 0 spiro atoms. The molecular formula is C16H25ClN2O. The van der Waals surface area contributed by atoms with Crippen molar-refractivity contribution in [3.63, 3.8) is 0 Å². The van der Waals surface area contributed by atoms with Crippen LogP contribution in [0.25, 0.3) is 0 Å². The molecule has 1 saturated carbocycles. The van der Waals surface area contributed by atoms with E-state index in [1.807, 2.05) is 0 Å². The molecule has 1 amide bonds. The molecule has 1 aliphatic carbocycles. The summed E-state index contributed by atoms with van der Waals surface area (Å²) in [6.07, 6.45) is 4.87. The van der Waals surface area contributed by atoms with Crippen LogP contribution in [0.4, 0.5) is 0 Å². The fourth-order valence-electron chi connectivity index (χ4n) is 2.69. The predicted molar refractivity (Wildman–Crippen MR) is 85.1 cm³/mol. The van der Waals surface area contributed by atoms with Crippen LogP contribution in [0.1, 0.15) is 36.8 Å². The summed E-state index contributed by atoms with van der Waals surface area (Å²) in [6.45, 7) is 2.80. The number of rotatable bonds is 4. The molecule has 0 bridgehead atoms. The van der Waals surface area contributed by atoms with Crippen molar-refractivity contribution >= 4 is 18.3 Å². The topological polar surface area (TPSA) is 55.1 Å². The Hall–Kier alpha value is -1.06. The average molecular weight is 297 g/mol. The first kappa shape index (κ1) is 17.0. The van der Waals surface area contributed by atoms with Gasteiger partial charge in [-0.15, -0.1) is 12.4 Å². The first-order valence-electron chi connectivity index (χ1n) is 7.24. The molecule has 20 heavy (non-hydrogen) atoms. The quantitative estimate of drug-likeness (QED) is 0.897. The zero-order valence-electron chi connectivity index (χ0n) is 12.1. The van der Waals surface area contributed by atoms with Gasteiger partial charge in [-0.1, -0.05) is 36.2 Å². The Morgan fingerprint density at radius 1 is 1.30 bits per heavy atom. The molecule has 1 fully saturated rings. The fraction of sp³-hybridized carbons (Fsp3) is 0.562. The van der Waals surface area contributed by atoms with Gasteiger partial charge in [0.25, 0.3) is 0 Å². The second-order valence-corrected chi connectivity index (χ2v) is 5.65. The van der Waals surface area contributed by atoms with Gasteiger partial charge in [0, 0.05) is 18.5 Å². The van der Waals surface area contributed by atoms with Crippen molar-refractivity contribution in [1.29, 1.82) is 0 Å². The molecule has 1 aromatic carbocycles. The van der Waals surface area contributed by atoms with Crippen LogP contribution in [0.15, 0.2) is 24.3 Å². The lowest BCUT2D eigenvalue weighted by molar-refractivity contribution is -0.126. The molecule has 0 heterocycles. The SMILES string of the molecule is Cc1ccc(CCNC(=O)C2CCCC(N)C2)cc1.Cl. The summed E-state index contributed by atoms with van der Waals surface area (Å²) < 4.78 is 0. The van der Waals surface area contributed by atoms with Crippen LogP contribution in [0.2, 0.25) is 0 Å². The number of aryl methyl sites for hydroxylation is 1. The van der Waals surface area contributed by atoms with Gasteiger partial charge in [-0.05, 0) is 38.2 Å². The highest BCUT2D eigenvalue weighted by molar-refractivity contribution is 5.85. The molecule has 1 aromatic rings. The lowest BCUT2D eigenvalue weighted by atomic mass is 9.85. The number of carbonyl (C=O) groups is 1. The van der Waals surface area contributed by atoms with Gasteiger partial charge in [0.2, 0.25) is 5.91 Å². The van der Waals surface area contributed by atoms with Crippen molar-refractivity contribution in [2.24, 2.45) is 11.7 Å². The molecule has 0 radical (unpaired) electrons. The molecule has 0 aromatic heterocycles. The molecule has 4 heteroatoms. The second kappa shape index (κ2) is 8.28. The van der Waals surface area contributed by atoms with Gasteiger partial charge in [0.15, 0.2) is 0 Å². The average Bonchev–Trinajstić information content (AvgIpc) is 2.41. The number of benzene rings is 1. The highest BCUT2D eigenvalue weighted by Gasteiger charge is 2.24. The van der Waals surface area contributed by atoms with Crippen LogP contribution in [0.3, 0.4) is 0 Å². The maximum absolute atomic E-state index is 12.0. The van der Waals surface area contributed by atoms with Crippen molar-refractivity contribution in [2.75, 3.05) is 6.54 Å². The number of hydrogen-bond acceptors (Lipinski definition) is 2. The molecule has 2 atom stereocenters. The van der Waals surface area contributed by atoms with E-state index in [1.54, 1.807) is 0 Å². The summed E-state index contributed by atoms with van der Waals surface area (Å²) >= 11 is 0. The Morgan fingerprint density at radius 2 is 2.00 bits per heavy atom. The third-order valence-corrected chi connectivity index (χ3v) is 3.92. The Bertz CT molecular complexity index is 419. The van der Waals surface area contributed by atoms with Crippen LogP contribution in [-0.4, -0.2) is 18.5 Å². The monoisotopic (exact) mass is 296 g/mol. The van der Waals surface area contributed by atoms with Crippen molar-refractivity contribution in [1.82, 2.24) is 5.32 Å². The van der Waals surface area contributed by atoms with Gasteiger partial charge >= 0.3 is 0 Å². The number of nitrogens with one attached hydrogen (secondary N) is 1. The Morgan fingerprint density at radius 3 is 2.65 bits per heavy atom. The molecule has 1 aliphatic rings. The van der Waals surface area contributed by atoms with Gasteiger partial charge in [0.1, 0.15) is 0 Å². The lowest BCUT2D eigenvalue weighted by Crippen LogP contribution is -2.38. The zero-order valence-corrected chi connectivity index (χ0v) is 12.9. The van der Waals surface area contributed by atoms with E-state index >= 15 is 0 Å². The number of carbonyl (C=O) groups excluding carboxylic acids is 1. The van der Waals surface area contributed by atoms with Gasteiger partial charge < -0.3 is 11.1 Å².